The molecular formula is C11H12N4O3. The van der Waals surface area contributed by atoms with Crippen molar-refractivity contribution in [1.82, 2.24) is 10.1 Å². The van der Waals surface area contributed by atoms with E-state index < -0.39 is 4.92 Å². The Morgan fingerprint density at radius 3 is 2.78 bits per heavy atom. The van der Waals surface area contributed by atoms with E-state index >= 15 is 0 Å². The number of nitrogens with two attached hydrogens (primary N) is 1. The molecule has 0 amide bonds. The lowest BCUT2D eigenvalue weighted by atomic mass is 10.1. The Bertz CT molecular complexity index is 592. The van der Waals surface area contributed by atoms with Crippen LogP contribution in [0, 0.1) is 17.0 Å². The second-order valence-electron chi connectivity index (χ2n) is 3.95. The van der Waals surface area contributed by atoms with Gasteiger partial charge in [-0.3, -0.25) is 10.1 Å². The Kier molecular flexibility index (Phi) is 3.07. The van der Waals surface area contributed by atoms with Crippen molar-refractivity contribution in [3.8, 4) is 11.5 Å². The first-order valence-electron chi connectivity index (χ1n) is 5.34. The monoisotopic (exact) mass is 248 g/mol. The van der Waals surface area contributed by atoms with Crippen LogP contribution in [0.5, 0.6) is 0 Å². The third-order valence-electron chi connectivity index (χ3n) is 2.58. The highest BCUT2D eigenvalue weighted by molar-refractivity contribution is 5.64. The Labute approximate surface area is 103 Å². The molecule has 7 nitrogen and oxygen atoms in total. The molecule has 0 saturated carbocycles. The largest absolute Gasteiger partial charge is 0.334 e. The van der Waals surface area contributed by atoms with E-state index in [2.05, 4.69) is 10.1 Å². The maximum atomic E-state index is 10.8. The van der Waals surface area contributed by atoms with Crippen LogP contribution in [0.1, 0.15) is 24.4 Å². The Morgan fingerprint density at radius 1 is 1.50 bits per heavy atom. The molecule has 0 aliphatic carbocycles. The summed E-state index contributed by atoms with van der Waals surface area (Å²) in [5.41, 5.74) is 6.68. The quantitative estimate of drug-likeness (QED) is 0.657. The number of nitro groups is 1. The predicted octanol–water partition coefficient (Wildman–Crippen LogP) is 1.97. The highest BCUT2D eigenvalue weighted by Crippen LogP contribution is 2.28. The number of hydrogen-bond donors (Lipinski definition) is 1. The van der Waals surface area contributed by atoms with Crippen LogP contribution < -0.4 is 5.73 Å². The van der Waals surface area contributed by atoms with Crippen molar-refractivity contribution in [2.75, 3.05) is 0 Å². The topological polar surface area (TPSA) is 108 Å². The van der Waals surface area contributed by atoms with Gasteiger partial charge in [0.2, 0.25) is 0 Å². The summed E-state index contributed by atoms with van der Waals surface area (Å²) in [5, 5.41) is 14.6. The van der Waals surface area contributed by atoms with Gasteiger partial charge in [0.15, 0.2) is 5.82 Å². The minimum absolute atomic E-state index is 0.0213. The van der Waals surface area contributed by atoms with Crippen molar-refractivity contribution in [1.29, 1.82) is 0 Å². The van der Waals surface area contributed by atoms with Gasteiger partial charge in [-0.05, 0) is 19.9 Å². The third kappa shape index (κ3) is 2.07. The lowest BCUT2D eigenvalue weighted by molar-refractivity contribution is -0.385. The molecule has 1 unspecified atom stereocenters. The summed E-state index contributed by atoms with van der Waals surface area (Å²) in [7, 11) is 0. The molecule has 7 heteroatoms. The van der Waals surface area contributed by atoms with E-state index in [1.54, 1.807) is 26.0 Å². The summed E-state index contributed by atoms with van der Waals surface area (Å²) in [6.07, 6.45) is 0. The van der Waals surface area contributed by atoms with E-state index in [9.17, 15) is 10.1 Å². The molecule has 2 rings (SSSR count). The summed E-state index contributed by atoms with van der Waals surface area (Å²) in [6.45, 7) is 3.37. The molecule has 0 aliphatic rings. The van der Waals surface area contributed by atoms with Crippen molar-refractivity contribution in [2.24, 2.45) is 5.73 Å². The predicted molar refractivity (Wildman–Crippen MR) is 63.7 cm³/mol. The van der Waals surface area contributed by atoms with Gasteiger partial charge in [-0.15, -0.1) is 0 Å². The number of benzene rings is 1. The van der Waals surface area contributed by atoms with Crippen molar-refractivity contribution in [2.45, 2.75) is 19.9 Å². The van der Waals surface area contributed by atoms with Gasteiger partial charge in [0.1, 0.15) is 0 Å². The molecule has 0 saturated heterocycles. The van der Waals surface area contributed by atoms with Crippen LogP contribution >= 0.6 is 0 Å². The van der Waals surface area contributed by atoms with Crippen LogP contribution in [0.2, 0.25) is 0 Å². The number of aromatic nitrogens is 2. The molecule has 0 spiro atoms. The smallest absolute Gasteiger partial charge is 0.273 e. The van der Waals surface area contributed by atoms with E-state index in [1.807, 2.05) is 0 Å². The summed E-state index contributed by atoms with van der Waals surface area (Å²) >= 11 is 0. The van der Waals surface area contributed by atoms with Crippen molar-refractivity contribution in [3.63, 3.8) is 0 Å². The zero-order chi connectivity index (χ0) is 13.3. The van der Waals surface area contributed by atoms with Gasteiger partial charge in [-0.25, -0.2) is 0 Å². The molecule has 1 atom stereocenters. The summed E-state index contributed by atoms with van der Waals surface area (Å²) in [6, 6.07) is 4.36. The van der Waals surface area contributed by atoms with Crippen LogP contribution in [0.25, 0.3) is 11.5 Å². The van der Waals surface area contributed by atoms with Gasteiger partial charge in [0, 0.05) is 17.2 Å². The molecule has 0 radical (unpaired) electrons. The van der Waals surface area contributed by atoms with Crippen LogP contribution in [0.3, 0.4) is 0 Å². The fourth-order valence-corrected chi connectivity index (χ4v) is 1.58. The molecule has 94 valence electrons. The van der Waals surface area contributed by atoms with E-state index in [0.717, 1.165) is 0 Å². The van der Waals surface area contributed by atoms with Crippen molar-refractivity contribution >= 4 is 5.69 Å². The molecule has 1 aromatic carbocycles. The third-order valence-corrected chi connectivity index (χ3v) is 2.58. The number of rotatable bonds is 3. The Morgan fingerprint density at radius 2 is 2.22 bits per heavy atom. The van der Waals surface area contributed by atoms with E-state index in [1.165, 1.54) is 6.07 Å². The first kappa shape index (κ1) is 12.2. The first-order chi connectivity index (χ1) is 8.50. The van der Waals surface area contributed by atoms with Gasteiger partial charge in [-0.1, -0.05) is 11.2 Å². The molecule has 2 N–H and O–H groups in total. The molecule has 0 bridgehead atoms. The van der Waals surface area contributed by atoms with Crippen molar-refractivity contribution in [3.05, 3.63) is 39.7 Å². The maximum Gasteiger partial charge on any atom is 0.273 e. The van der Waals surface area contributed by atoms with Gasteiger partial charge >= 0.3 is 0 Å². The van der Waals surface area contributed by atoms with Crippen molar-refractivity contribution < 1.29 is 9.45 Å². The average Bonchev–Trinajstić information content (AvgIpc) is 2.78. The summed E-state index contributed by atoms with van der Waals surface area (Å²) < 4.78 is 5.06. The molecule has 2 aromatic rings. The number of nitrogens with zero attached hydrogens (tertiary/aromatic N) is 3. The van der Waals surface area contributed by atoms with E-state index in [-0.39, 0.29) is 17.6 Å². The molecule has 1 aromatic heterocycles. The fourth-order valence-electron chi connectivity index (χ4n) is 1.58. The Balaban J connectivity index is 2.50. The van der Waals surface area contributed by atoms with Gasteiger partial charge in [0.05, 0.1) is 11.0 Å². The van der Waals surface area contributed by atoms with Gasteiger partial charge in [-0.2, -0.15) is 4.98 Å². The first-order valence-corrected chi connectivity index (χ1v) is 5.34. The van der Waals surface area contributed by atoms with Gasteiger partial charge < -0.3 is 10.3 Å². The Hall–Kier alpha value is -2.28. The highest BCUT2D eigenvalue weighted by Gasteiger charge is 2.19. The minimum Gasteiger partial charge on any atom is -0.334 e. The zero-order valence-electron chi connectivity index (χ0n) is 9.95. The normalized spacial score (nSPS) is 12.4. The maximum absolute atomic E-state index is 10.8. The summed E-state index contributed by atoms with van der Waals surface area (Å²) in [4.78, 5) is 14.5. The van der Waals surface area contributed by atoms with Gasteiger partial charge in [0.25, 0.3) is 11.6 Å². The van der Waals surface area contributed by atoms with E-state index in [4.69, 9.17) is 10.3 Å². The standard InChI is InChI=1S/C11H12N4O3/c1-6-8(4-3-5-9(6)15(16)17)11-13-10(7(2)12)14-18-11/h3-5,7H,12H2,1-2H3. The summed E-state index contributed by atoms with van der Waals surface area (Å²) in [5.74, 6) is 0.611. The highest BCUT2D eigenvalue weighted by atomic mass is 16.6. The second-order valence-corrected chi connectivity index (χ2v) is 3.95. The minimum atomic E-state index is -0.443. The molecule has 18 heavy (non-hydrogen) atoms. The molecule has 0 aliphatic heterocycles. The van der Waals surface area contributed by atoms with Crippen LogP contribution in [0.4, 0.5) is 5.69 Å². The molecule has 0 fully saturated rings. The molecule has 1 heterocycles. The zero-order valence-corrected chi connectivity index (χ0v) is 9.95. The second kappa shape index (κ2) is 4.53. The SMILES string of the molecule is Cc1c(-c2nc(C(C)N)no2)cccc1[N+](=O)[O-]. The van der Waals surface area contributed by atoms with E-state index in [0.29, 0.717) is 17.0 Å². The lowest BCUT2D eigenvalue weighted by Gasteiger charge is -2.01. The number of hydrogen-bond acceptors (Lipinski definition) is 6. The van der Waals surface area contributed by atoms with Crippen LogP contribution in [-0.2, 0) is 0 Å². The van der Waals surface area contributed by atoms with Crippen LogP contribution in [0.15, 0.2) is 22.7 Å². The van der Waals surface area contributed by atoms with Crippen LogP contribution in [-0.4, -0.2) is 15.1 Å². The molecular weight excluding hydrogens is 236 g/mol. The number of nitro benzene ring substituents is 1. The fraction of sp³-hybridized carbons (Fsp3) is 0.273. The average molecular weight is 248 g/mol. The lowest BCUT2D eigenvalue weighted by Crippen LogP contribution is -2.06.